The van der Waals surface area contributed by atoms with Crippen molar-refractivity contribution in [2.45, 2.75) is 62.9 Å². The van der Waals surface area contributed by atoms with Gasteiger partial charge in [0.15, 0.2) is 0 Å². The lowest BCUT2D eigenvalue weighted by molar-refractivity contribution is 0.0939. The monoisotopic (exact) mass is 535 g/mol. The summed E-state index contributed by atoms with van der Waals surface area (Å²) in [6.07, 6.45) is 3.61. The molecule has 8 nitrogen and oxygen atoms in total. The van der Waals surface area contributed by atoms with Crippen LogP contribution in [0.2, 0.25) is 0 Å². The summed E-state index contributed by atoms with van der Waals surface area (Å²) in [4.78, 5) is 12.7. The molecule has 2 aromatic carbocycles. The van der Waals surface area contributed by atoms with E-state index in [9.17, 15) is 21.6 Å². The van der Waals surface area contributed by atoms with Gasteiger partial charge in [0.25, 0.3) is 5.91 Å². The number of nitrogens with zero attached hydrogens (tertiary/aromatic N) is 2. The molecule has 2 aromatic rings. The first-order valence-corrected chi connectivity index (χ1v) is 15.6. The van der Waals surface area contributed by atoms with E-state index < -0.39 is 24.8 Å². The lowest BCUT2D eigenvalue weighted by Crippen LogP contribution is -2.55. The SMILES string of the molecule is CC1CCC(C)(Cc2ccccc2)S(=O)(=O)N1Cc1ccc(C(=O)N[C@@H]2CCN(S(C)(=O)=O)C2)cc1.[HH]. The van der Waals surface area contributed by atoms with Gasteiger partial charge in [-0.25, -0.2) is 21.1 Å². The van der Waals surface area contributed by atoms with Gasteiger partial charge in [0.2, 0.25) is 20.0 Å². The minimum atomic E-state index is -3.57. The van der Waals surface area contributed by atoms with Gasteiger partial charge in [-0.1, -0.05) is 42.5 Å². The first kappa shape index (κ1) is 26.8. The number of hydrogen-bond acceptors (Lipinski definition) is 5. The second kappa shape index (κ2) is 10.2. The van der Waals surface area contributed by atoms with Crippen molar-refractivity contribution < 1.29 is 23.1 Å². The van der Waals surface area contributed by atoms with Gasteiger partial charge in [-0.2, -0.15) is 4.31 Å². The van der Waals surface area contributed by atoms with E-state index in [1.165, 1.54) is 10.6 Å². The molecule has 0 radical (unpaired) electrons. The molecule has 2 aliphatic rings. The zero-order valence-corrected chi connectivity index (χ0v) is 22.7. The summed E-state index contributed by atoms with van der Waals surface area (Å²) in [7, 11) is -6.84. The van der Waals surface area contributed by atoms with E-state index in [1.54, 1.807) is 28.6 Å². The first-order valence-electron chi connectivity index (χ1n) is 12.3. The van der Waals surface area contributed by atoms with Gasteiger partial charge in [0, 0.05) is 38.7 Å². The highest BCUT2D eigenvalue weighted by Crippen LogP contribution is 2.38. The standard InChI is InChI=1S/C26H35N3O5S2.H2/c1-20-13-15-26(2,17-21-7-5-4-6-8-21)36(33,34)29(20)18-22-9-11-23(12-10-22)25(30)27-24-14-16-28(19-24)35(3,31)32;/h4-12,20,24H,13-19H2,1-3H3,(H,27,30);1H/t20?,24-,26?;/m1./s1. The van der Waals surface area contributed by atoms with Gasteiger partial charge in [0.1, 0.15) is 0 Å². The Morgan fingerprint density at radius 3 is 2.36 bits per heavy atom. The summed E-state index contributed by atoms with van der Waals surface area (Å²) in [5.41, 5.74) is 2.28. The third-order valence-corrected chi connectivity index (χ3v) is 11.4. The largest absolute Gasteiger partial charge is 0.348 e. The van der Waals surface area contributed by atoms with Gasteiger partial charge in [-0.05, 0) is 62.8 Å². The highest BCUT2D eigenvalue weighted by Gasteiger charge is 2.48. The van der Waals surface area contributed by atoms with Gasteiger partial charge in [-0.15, -0.1) is 0 Å². The lowest BCUT2D eigenvalue weighted by Gasteiger charge is -2.43. The number of amides is 1. The van der Waals surface area contributed by atoms with Crippen molar-refractivity contribution in [3.8, 4) is 0 Å². The topological polar surface area (TPSA) is 104 Å². The molecule has 0 bridgehead atoms. The number of sulfonamides is 2. The molecule has 198 valence electrons. The van der Waals surface area contributed by atoms with Crippen molar-refractivity contribution in [1.82, 2.24) is 13.9 Å². The van der Waals surface area contributed by atoms with Crippen LogP contribution >= 0.6 is 0 Å². The second-order valence-electron chi connectivity index (χ2n) is 10.3. The van der Waals surface area contributed by atoms with Crippen LogP contribution in [0.1, 0.15) is 56.0 Å². The molecule has 2 fully saturated rings. The molecule has 1 N–H and O–H groups in total. The minimum absolute atomic E-state index is 0. The maximum Gasteiger partial charge on any atom is 0.251 e. The molecule has 0 aromatic heterocycles. The number of hydrogen-bond donors (Lipinski definition) is 1. The van der Waals surface area contributed by atoms with Crippen LogP contribution in [0, 0.1) is 0 Å². The van der Waals surface area contributed by atoms with Crippen molar-refractivity contribution in [2.24, 2.45) is 0 Å². The molecule has 4 rings (SSSR count). The fraction of sp³-hybridized carbons (Fsp3) is 0.500. The Morgan fingerprint density at radius 2 is 1.75 bits per heavy atom. The van der Waals surface area contributed by atoms with E-state index in [2.05, 4.69) is 5.32 Å². The summed E-state index contributed by atoms with van der Waals surface area (Å²) in [6, 6.07) is 16.4. The molecule has 0 aliphatic carbocycles. The number of carbonyl (C=O) groups excluding carboxylic acids is 1. The van der Waals surface area contributed by atoms with Crippen molar-refractivity contribution >= 4 is 26.0 Å². The Hall–Kier alpha value is -2.27. The van der Waals surface area contributed by atoms with E-state index in [1.807, 2.05) is 44.2 Å². The number of benzene rings is 2. The Morgan fingerprint density at radius 1 is 1.08 bits per heavy atom. The van der Waals surface area contributed by atoms with Crippen LogP contribution in [0.3, 0.4) is 0 Å². The van der Waals surface area contributed by atoms with Crippen molar-refractivity contribution in [1.29, 1.82) is 0 Å². The molecule has 2 saturated heterocycles. The fourth-order valence-electron chi connectivity index (χ4n) is 5.11. The lowest BCUT2D eigenvalue weighted by atomic mass is 9.93. The predicted octanol–water partition coefficient (Wildman–Crippen LogP) is 3.01. The Kier molecular flexibility index (Phi) is 7.62. The molecule has 3 atom stereocenters. The van der Waals surface area contributed by atoms with Crippen LogP contribution in [-0.2, 0) is 33.0 Å². The molecule has 1 amide bonds. The summed E-state index contributed by atoms with van der Waals surface area (Å²) >= 11 is 0. The minimum Gasteiger partial charge on any atom is -0.348 e. The zero-order valence-electron chi connectivity index (χ0n) is 21.1. The number of rotatable bonds is 7. The van der Waals surface area contributed by atoms with Crippen molar-refractivity contribution in [3.05, 3.63) is 71.3 Å². The molecule has 2 unspecified atom stereocenters. The quantitative estimate of drug-likeness (QED) is 0.587. The summed E-state index contributed by atoms with van der Waals surface area (Å²) in [5.74, 6) is -0.267. The smallest absolute Gasteiger partial charge is 0.251 e. The highest BCUT2D eigenvalue weighted by molar-refractivity contribution is 7.90. The van der Waals surface area contributed by atoms with E-state index in [0.717, 1.165) is 17.5 Å². The molecule has 2 heterocycles. The average molecular weight is 536 g/mol. The third-order valence-electron chi connectivity index (χ3n) is 7.44. The van der Waals surface area contributed by atoms with Gasteiger partial charge >= 0.3 is 0 Å². The van der Waals surface area contributed by atoms with E-state index in [0.29, 0.717) is 31.4 Å². The van der Waals surface area contributed by atoms with E-state index in [-0.39, 0.29) is 32.5 Å². The maximum absolute atomic E-state index is 13.7. The van der Waals surface area contributed by atoms with Crippen molar-refractivity contribution in [2.75, 3.05) is 19.3 Å². The average Bonchev–Trinajstić information content (AvgIpc) is 3.30. The Bertz CT molecular complexity index is 1300. The van der Waals surface area contributed by atoms with Crippen molar-refractivity contribution in [3.63, 3.8) is 0 Å². The van der Waals surface area contributed by atoms with Crippen LogP contribution in [0.15, 0.2) is 54.6 Å². The second-order valence-corrected chi connectivity index (χ2v) is 14.7. The van der Waals surface area contributed by atoms with Crippen LogP contribution < -0.4 is 5.32 Å². The molecule has 2 aliphatic heterocycles. The summed E-state index contributed by atoms with van der Waals surface area (Å²) in [6.45, 7) is 4.71. The number of carbonyl (C=O) groups is 1. The molecule has 0 spiro atoms. The Balaban J connectivity index is 0.00000380. The van der Waals surface area contributed by atoms with E-state index >= 15 is 0 Å². The Labute approximate surface area is 216 Å². The first-order chi connectivity index (χ1) is 16.9. The van der Waals surface area contributed by atoms with Gasteiger partial charge < -0.3 is 5.32 Å². The highest BCUT2D eigenvalue weighted by atomic mass is 32.2. The third kappa shape index (κ3) is 5.66. The summed E-state index contributed by atoms with van der Waals surface area (Å²) < 4.78 is 53.0. The van der Waals surface area contributed by atoms with Crippen LogP contribution in [0.5, 0.6) is 0 Å². The molecular formula is C26H37N3O5S2. The molecule has 36 heavy (non-hydrogen) atoms. The van der Waals surface area contributed by atoms with Gasteiger partial charge in [0.05, 0.1) is 11.0 Å². The maximum atomic E-state index is 13.7. The van der Waals surface area contributed by atoms with Crippen LogP contribution in [0.4, 0.5) is 0 Å². The summed E-state index contributed by atoms with van der Waals surface area (Å²) in [5, 5.41) is 2.90. The van der Waals surface area contributed by atoms with Crippen LogP contribution in [0.25, 0.3) is 0 Å². The van der Waals surface area contributed by atoms with Crippen LogP contribution in [-0.4, -0.2) is 67.5 Å². The predicted molar refractivity (Wildman–Crippen MR) is 143 cm³/mol. The zero-order chi connectivity index (χ0) is 26.1. The normalized spacial score (nSPS) is 27.1. The van der Waals surface area contributed by atoms with Gasteiger partial charge in [-0.3, -0.25) is 4.79 Å². The number of nitrogens with one attached hydrogen (secondary N) is 1. The fourth-order valence-corrected chi connectivity index (χ4v) is 8.19. The molecule has 0 saturated carbocycles. The molecular weight excluding hydrogens is 498 g/mol. The van der Waals surface area contributed by atoms with E-state index in [4.69, 9.17) is 0 Å². The molecule has 10 heteroatoms.